The number of hydrogen-bond donors (Lipinski definition) is 2. The molecule has 160 valence electrons. The van der Waals surface area contributed by atoms with Gasteiger partial charge in [-0.25, -0.2) is 4.79 Å². The molecular weight excluding hydrogens is 390 g/mol. The van der Waals surface area contributed by atoms with Gasteiger partial charge in [0.15, 0.2) is 11.8 Å². The van der Waals surface area contributed by atoms with E-state index in [1.165, 1.54) is 0 Å². The number of aliphatic hydroxyl groups is 1. The molecular formula is C21H37NO4SSi. The van der Waals surface area contributed by atoms with E-state index in [0.29, 0.717) is 31.6 Å². The molecule has 0 radical (unpaired) electrons. The van der Waals surface area contributed by atoms with Crippen LogP contribution >= 0.6 is 12.6 Å². The van der Waals surface area contributed by atoms with Crippen molar-refractivity contribution in [2.75, 3.05) is 12.4 Å². The van der Waals surface area contributed by atoms with Crippen LogP contribution in [-0.2, 0) is 14.3 Å². The number of Topliss-reactive ketones (excluding diaryl/α,β-unsaturated/α-hetero) is 1. The van der Waals surface area contributed by atoms with E-state index in [1.807, 2.05) is 27.7 Å². The standard InChI is InChI=1S/C21H37NO4SSi/c1-14(2)10-15(19-17(23)11-21(3,4)12-18(19)24)22-16(13-27)20(25)26-8-9-28(5,6)7/h14,16,23,27H,8-13H2,1-7H3/t16-/m1/s1. The first-order chi connectivity index (χ1) is 12.8. The largest absolute Gasteiger partial charge is 0.511 e. The Hall–Kier alpha value is -1.08. The van der Waals surface area contributed by atoms with Crippen molar-refractivity contribution in [2.24, 2.45) is 16.3 Å². The van der Waals surface area contributed by atoms with E-state index in [-0.39, 0.29) is 34.2 Å². The molecule has 0 aromatic heterocycles. The number of allylic oxidation sites excluding steroid dienone is 2. The maximum Gasteiger partial charge on any atom is 0.331 e. The number of carbonyl (C=O) groups is 2. The summed E-state index contributed by atoms with van der Waals surface area (Å²) in [5.74, 6) is -0.0338. The molecule has 1 aliphatic carbocycles. The molecule has 0 aliphatic heterocycles. The first-order valence-corrected chi connectivity index (χ1v) is 14.4. The summed E-state index contributed by atoms with van der Waals surface area (Å²) in [5.41, 5.74) is 0.510. The summed E-state index contributed by atoms with van der Waals surface area (Å²) in [4.78, 5) is 29.8. The summed E-state index contributed by atoms with van der Waals surface area (Å²) in [6, 6.07) is 0.113. The molecule has 28 heavy (non-hydrogen) atoms. The fourth-order valence-corrected chi connectivity index (χ4v) is 4.08. The summed E-state index contributed by atoms with van der Waals surface area (Å²) in [5, 5.41) is 10.6. The molecule has 0 saturated heterocycles. The third kappa shape index (κ3) is 8.11. The van der Waals surface area contributed by atoms with Crippen molar-refractivity contribution in [3.05, 3.63) is 11.3 Å². The molecule has 1 N–H and O–H groups in total. The quantitative estimate of drug-likeness (QED) is 0.239. The third-order valence-corrected chi connectivity index (χ3v) is 6.65. The Morgan fingerprint density at radius 2 is 1.89 bits per heavy atom. The summed E-state index contributed by atoms with van der Waals surface area (Å²) in [6.45, 7) is 15.0. The predicted molar refractivity (Wildman–Crippen MR) is 121 cm³/mol. The summed E-state index contributed by atoms with van der Waals surface area (Å²) in [6.07, 6.45) is 1.30. The highest BCUT2D eigenvalue weighted by Crippen LogP contribution is 2.37. The van der Waals surface area contributed by atoms with Gasteiger partial charge in [0.2, 0.25) is 0 Å². The maximum atomic E-state index is 12.7. The van der Waals surface area contributed by atoms with E-state index in [2.05, 4.69) is 37.3 Å². The molecule has 1 rings (SSSR count). The first kappa shape index (κ1) is 25.0. The van der Waals surface area contributed by atoms with E-state index < -0.39 is 20.1 Å². The van der Waals surface area contributed by atoms with Crippen molar-refractivity contribution in [1.82, 2.24) is 0 Å². The van der Waals surface area contributed by atoms with E-state index >= 15 is 0 Å². The molecule has 0 unspecified atom stereocenters. The summed E-state index contributed by atoms with van der Waals surface area (Å²) in [7, 11) is -1.30. The van der Waals surface area contributed by atoms with Crippen LogP contribution in [0.15, 0.2) is 16.3 Å². The number of nitrogens with zero attached hydrogens (tertiary/aromatic N) is 1. The molecule has 1 aliphatic rings. The van der Waals surface area contributed by atoms with Crippen molar-refractivity contribution in [1.29, 1.82) is 0 Å². The Kier molecular flexibility index (Phi) is 9.00. The van der Waals surface area contributed by atoms with Crippen LogP contribution in [0.3, 0.4) is 0 Å². The Morgan fingerprint density at radius 3 is 2.36 bits per heavy atom. The highest BCUT2D eigenvalue weighted by molar-refractivity contribution is 7.80. The molecule has 0 saturated carbocycles. The summed E-state index contributed by atoms with van der Waals surface area (Å²) < 4.78 is 5.43. The zero-order valence-electron chi connectivity index (χ0n) is 18.5. The van der Waals surface area contributed by atoms with Gasteiger partial charge in [-0.05, 0) is 23.8 Å². The van der Waals surface area contributed by atoms with E-state index in [4.69, 9.17) is 4.74 Å². The number of carbonyl (C=O) groups excluding carboxylic acids is 2. The van der Waals surface area contributed by atoms with E-state index in [9.17, 15) is 14.7 Å². The van der Waals surface area contributed by atoms with Crippen molar-refractivity contribution in [2.45, 2.75) is 78.7 Å². The number of aliphatic hydroxyl groups excluding tert-OH is 1. The van der Waals surface area contributed by atoms with Crippen LogP contribution in [0.2, 0.25) is 25.7 Å². The van der Waals surface area contributed by atoms with Gasteiger partial charge in [0, 0.05) is 26.7 Å². The molecule has 7 heteroatoms. The second-order valence-corrected chi connectivity index (χ2v) is 16.1. The van der Waals surface area contributed by atoms with Gasteiger partial charge in [-0.3, -0.25) is 9.79 Å². The monoisotopic (exact) mass is 427 g/mol. The summed E-state index contributed by atoms with van der Waals surface area (Å²) >= 11 is 4.27. The van der Waals surface area contributed by atoms with Crippen molar-refractivity contribution >= 4 is 38.2 Å². The molecule has 0 amide bonds. The highest BCUT2D eigenvalue weighted by Gasteiger charge is 2.35. The van der Waals surface area contributed by atoms with Gasteiger partial charge in [0.1, 0.15) is 5.76 Å². The van der Waals surface area contributed by atoms with Crippen LogP contribution in [0.25, 0.3) is 0 Å². The fraction of sp³-hybridized carbons (Fsp3) is 0.762. The molecule has 0 bridgehead atoms. The lowest BCUT2D eigenvalue weighted by Crippen LogP contribution is -2.32. The number of ketones is 1. The SMILES string of the molecule is CC(C)CC(=N[C@H](CS)C(=O)OCC[Si](C)(C)C)C1=C(O)CC(C)(C)CC1=O. The minimum absolute atomic E-state index is 0.0747. The average molecular weight is 428 g/mol. The third-order valence-electron chi connectivity index (χ3n) is 4.60. The Morgan fingerprint density at radius 1 is 1.29 bits per heavy atom. The van der Waals surface area contributed by atoms with Crippen LogP contribution in [-0.4, -0.2) is 49.0 Å². The first-order valence-electron chi connectivity index (χ1n) is 10.1. The van der Waals surface area contributed by atoms with Gasteiger partial charge in [-0.15, -0.1) is 0 Å². The number of aliphatic imine (C=N–C) groups is 1. The maximum absolute atomic E-state index is 12.7. The lowest BCUT2D eigenvalue weighted by atomic mass is 9.75. The van der Waals surface area contributed by atoms with Crippen LogP contribution in [0.1, 0.15) is 47.0 Å². The molecule has 1 atom stereocenters. The second-order valence-electron chi connectivity index (χ2n) is 10.1. The van der Waals surface area contributed by atoms with Gasteiger partial charge in [0.25, 0.3) is 0 Å². The lowest BCUT2D eigenvalue weighted by Gasteiger charge is -2.30. The van der Waals surface area contributed by atoms with Crippen LogP contribution in [0.4, 0.5) is 0 Å². The number of esters is 1. The van der Waals surface area contributed by atoms with Gasteiger partial charge in [-0.1, -0.05) is 47.3 Å². The minimum Gasteiger partial charge on any atom is -0.511 e. The molecule has 0 heterocycles. The number of rotatable bonds is 9. The van der Waals surface area contributed by atoms with Crippen LogP contribution < -0.4 is 0 Å². The zero-order valence-corrected chi connectivity index (χ0v) is 20.4. The molecule has 5 nitrogen and oxygen atoms in total. The smallest absolute Gasteiger partial charge is 0.331 e. The van der Waals surface area contributed by atoms with Gasteiger partial charge >= 0.3 is 5.97 Å². The van der Waals surface area contributed by atoms with E-state index in [0.717, 1.165) is 6.04 Å². The minimum atomic E-state index is -1.30. The van der Waals surface area contributed by atoms with Crippen molar-refractivity contribution < 1.29 is 19.4 Å². The fourth-order valence-electron chi connectivity index (χ4n) is 3.13. The zero-order chi connectivity index (χ0) is 21.7. The molecule has 0 fully saturated rings. The molecule has 0 spiro atoms. The second kappa shape index (κ2) is 10.1. The number of ether oxygens (including phenoxy) is 1. The molecule has 0 aromatic rings. The Balaban J connectivity index is 3.11. The van der Waals surface area contributed by atoms with E-state index in [1.54, 1.807) is 0 Å². The van der Waals surface area contributed by atoms with Gasteiger partial charge in [0.05, 0.1) is 17.9 Å². The lowest BCUT2D eigenvalue weighted by molar-refractivity contribution is -0.144. The number of thiol groups is 1. The van der Waals surface area contributed by atoms with Gasteiger partial charge < -0.3 is 9.84 Å². The van der Waals surface area contributed by atoms with Gasteiger partial charge in [-0.2, -0.15) is 12.6 Å². The Bertz CT molecular complexity index is 647. The van der Waals surface area contributed by atoms with Crippen LogP contribution in [0, 0.1) is 11.3 Å². The van der Waals surface area contributed by atoms with Crippen molar-refractivity contribution in [3.63, 3.8) is 0 Å². The molecule has 0 aromatic carbocycles. The Labute approximate surface area is 176 Å². The normalized spacial score (nSPS) is 19.2. The van der Waals surface area contributed by atoms with Crippen LogP contribution in [0.5, 0.6) is 0 Å². The number of hydrogen-bond acceptors (Lipinski definition) is 6. The predicted octanol–water partition coefficient (Wildman–Crippen LogP) is 4.85. The average Bonchev–Trinajstić information content (AvgIpc) is 2.48. The van der Waals surface area contributed by atoms with Crippen molar-refractivity contribution in [3.8, 4) is 0 Å². The topological polar surface area (TPSA) is 76.0 Å². The highest BCUT2D eigenvalue weighted by atomic mass is 32.1.